The molecule has 1 aliphatic rings. The third-order valence-corrected chi connectivity index (χ3v) is 2.91. The second-order valence-electron chi connectivity index (χ2n) is 3.28. The highest BCUT2D eigenvalue weighted by molar-refractivity contribution is 9.10. The van der Waals surface area contributed by atoms with Crippen LogP contribution in [0.3, 0.4) is 0 Å². The maximum absolute atomic E-state index is 11.3. The lowest BCUT2D eigenvalue weighted by molar-refractivity contribution is -0.122. The first-order valence-electron chi connectivity index (χ1n) is 4.24. The summed E-state index contributed by atoms with van der Waals surface area (Å²) in [7, 11) is 0. The molecule has 2 nitrogen and oxygen atoms in total. The number of nitrogens with one attached hydrogen (secondary N) is 1. The van der Waals surface area contributed by atoms with Gasteiger partial charge in [0.1, 0.15) is 0 Å². The topological polar surface area (TPSA) is 29.1 Å². The van der Waals surface area contributed by atoms with Crippen molar-refractivity contribution in [2.75, 3.05) is 0 Å². The number of benzene rings is 1. The van der Waals surface area contributed by atoms with Gasteiger partial charge >= 0.3 is 0 Å². The summed E-state index contributed by atoms with van der Waals surface area (Å²) in [5.74, 6) is 0.0897. The largest absolute Gasteiger partial charge is 0.351 e. The van der Waals surface area contributed by atoms with Crippen LogP contribution < -0.4 is 5.32 Å². The molecule has 0 saturated heterocycles. The Morgan fingerprint density at radius 1 is 1.54 bits per heavy atom. The summed E-state index contributed by atoms with van der Waals surface area (Å²) in [5.41, 5.74) is 2.36. The van der Waals surface area contributed by atoms with E-state index in [9.17, 15) is 4.79 Å². The van der Waals surface area contributed by atoms with E-state index >= 15 is 0 Å². The molecular weight excluding hydrogens is 230 g/mol. The SMILES string of the molecule is C[C@H]1C(=O)NCc2ccc(Br)cc21. The zero-order valence-corrected chi connectivity index (χ0v) is 8.89. The predicted molar refractivity (Wildman–Crippen MR) is 54.4 cm³/mol. The van der Waals surface area contributed by atoms with Gasteiger partial charge < -0.3 is 5.32 Å². The van der Waals surface area contributed by atoms with Gasteiger partial charge in [-0.25, -0.2) is 0 Å². The van der Waals surface area contributed by atoms with Crippen LogP contribution in [0.1, 0.15) is 24.0 Å². The maximum atomic E-state index is 11.3. The summed E-state index contributed by atoms with van der Waals surface area (Å²) in [5, 5.41) is 2.85. The van der Waals surface area contributed by atoms with Crippen LogP contribution in [0.2, 0.25) is 0 Å². The molecule has 0 spiro atoms. The van der Waals surface area contributed by atoms with Crippen LogP contribution >= 0.6 is 15.9 Å². The van der Waals surface area contributed by atoms with Gasteiger partial charge in [0.2, 0.25) is 5.91 Å². The third-order valence-electron chi connectivity index (χ3n) is 2.42. The fourth-order valence-electron chi connectivity index (χ4n) is 1.61. The first kappa shape index (κ1) is 8.75. The van der Waals surface area contributed by atoms with Crippen LogP contribution in [0.25, 0.3) is 0 Å². The molecule has 0 unspecified atom stereocenters. The Bertz CT molecular complexity index is 362. The summed E-state index contributed by atoms with van der Waals surface area (Å²) in [6.45, 7) is 2.59. The summed E-state index contributed by atoms with van der Waals surface area (Å²) in [6.07, 6.45) is 0. The molecule has 3 heteroatoms. The van der Waals surface area contributed by atoms with Gasteiger partial charge in [-0.05, 0) is 30.2 Å². The molecule has 68 valence electrons. The van der Waals surface area contributed by atoms with E-state index < -0.39 is 0 Å². The van der Waals surface area contributed by atoms with Gasteiger partial charge in [0.25, 0.3) is 0 Å². The van der Waals surface area contributed by atoms with E-state index in [1.807, 2.05) is 19.1 Å². The molecule has 0 aliphatic carbocycles. The van der Waals surface area contributed by atoms with E-state index in [4.69, 9.17) is 0 Å². The summed E-state index contributed by atoms with van der Waals surface area (Å²) < 4.78 is 1.04. The van der Waals surface area contributed by atoms with Crippen molar-refractivity contribution in [2.24, 2.45) is 0 Å². The van der Waals surface area contributed by atoms with E-state index in [0.29, 0.717) is 6.54 Å². The Labute approximate surface area is 85.5 Å². The number of carbonyl (C=O) groups is 1. The second-order valence-corrected chi connectivity index (χ2v) is 4.20. The number of hydrogen-bond donors (Lipinski definition) is 1. The summed E-state index contributed by atoms with van der Waals surface area (Å²) in [6, 6.07) is 6.08. The molecule has 0 aromatic heterocycles. The predicted octanol–water partition coefficient (Wildman–Crippen LogP) is 2.18. The normalized spacial score (nSPS) is 20.8. The average molecular weight is 240 g/mol. The van der Waals surface area contributed by atoms with Crippen LogP contribution in [-0.4, -0.2) is 5.91 Å². The standard InChI is InChI=1S/C10H10BrNO/c1-6-9-4-8(11)3-2-7(9)5-12-10(6)13/h2-4,6H,5H2,1H3,(H,12,13)/t6-/m1/s1. The van der Waals surface area contributed by atoms with Crippen LogP contribution in [0.15, 0.2) is 22.7 Å². The Hall–Kier alpha value is -0.830. The monoisotopic (exact) mass is 239 g/mol. The van der Waals surface area contributed by atoms with Crippen LogP contribution in [0.4, 0.5) is 0 Å². The van der Waals surface area contributed by atoms with Gasteiger partial charge in [-0.15, -0.1) is 0 Å². The van der Waals surface area contributed by atoms with Crippen molar-refractivity contribution in [3.8, 4) is 0 Å². The quantitative estimate of drug-likeness (QED) is 0.739. The van der Waals surface area contributed by atoms with Crippen molar-refractivity contribution in [2.45, 2.75) is 19.4 Å². The zero-order chi connectivity index (χ0) is 9.42. The third kappa shape index (κ3) is 1.48. The van der Waals surface area contributed by atoms with E-state index in [2.05, 4.69) is 27.3 Å². The number of halogens is 1. The van der Waals surface area contributed by atoms with Gasteiger partial charge in [-0.1, -0.05) is 22.0 Å². The van der Waals surface area contributed by atoms with Gasteiger partial charge in [0.05, 0.1) is 5.92 Å². The van der Waals surface area contributed by atoms with E-state index in [1.54, 1.807) is 0 Å². The van der Waals surface area contributed by atoms with Gasteiger partial charge in [-0.2, -0.15) is 0 Å². The molecule has 1 heterocycles. The van der Waals surface area contributed by atoms with E-state index in [1.165, 1.54) is 5.56 Å². The Morgan fingerprint density at radius 2 is 2.31 bits per heavy atom. The van der Waals surface area contributed by atoms with Crippen LogP contribution in [0, 0.1) is 0 Å². The van der Waals surface area contributed by atoms with Crippen molar-refractivity contribution >= 4 is 21.8 Å². The van der Waals surface area contributed by atoms with Crippen molar-refractivity contribution in [3.05, 3.63) is 33.8 Å². The zero-order valence-electron chi connectivity index (χ0n) is 7.30. The van der Waals surface area contributed by atoms with Crippen LogP contribution in [0.5, 0.6) is 0 Å². The Morgan fingerprint density at radius 3 is 3.08 bits per heavy atom. The minimum atomic E-state index is -0.0266. The smallest absolute Gasteiger partial charge is 0.227 e. The van der Waals surface area contributed by atoms with Gasteiger partial charge in [0, 0.05) is 11.0 Å². The molecule has 2 rings (SSSR count). The molecule has 0 bridgehead atoms. The fraction of sp³-hybridized carbons (Fsp3) is 0.300. The molecule has 1 aromatic rings. The lowest BCUT2D eigenvalue weighted by Gasteiger charge is -2.22. The highest BCUT2D eigenvalue weighted by Gasteiger charge is 2.22. The number of rotatable bonds is 0. The van der Waals surface area contributed by atoms with E-state index in [0.717, 1.165) is 10.0 Å². The summed E-state index contributed by atoms with van der Waals surface area (Å²) >= 11 is 3.41. The summed E-state index contributed by atoms with van der Waals surface area (Å²) in [4.78, 5) is 11.3. The minimum Gasteiger partial charge on any atom is -0.351 e. The minimum absolute atomic E-state index is 0.0266. The molecule has 0 fully saturated rings. The molecule has 0 radical (unpaired) electrons. The van der Waals surface area contributed by atoms with Gasteiger partial charge in [-0.3, -0.25) is 4.79 Å². The number of hydrogen-bond acceptors (Lipinski definition) is 1. The molecule has 1 aromatic carbocycles. The van der Waals surface area contributed by atoms with Crippen LogP contribution in [-0.2, 0) is 11.3 Å². The second kappa shape index (κ2) is 3.14. The Balaban J connectivity index is 2.51. The van der Waals surface area contributed by atoms with Crippen molar-refractivity contribution in [3.63, 3.8) is 0 Å². The van der Waals surface area contributed by atoms with E-state index in [-0.39, 0.29) is 11.8 Å². The van der Waals surface area contributed by atoms with Crippen molar-refractivity contribution < 1.29 is 4.79 Å². The molecule has 1 atom stereocenters. The molecule has 1 amide bonds. The molecule has 1 aliphatic heterocycles. The molecule has 1 N–H and O–H groups in total. The number of carbonyl (C=O) groups excluding carboxylic acids is 1. The lowest BCUT2D eigenvalue weighted by atomic mass is 9.92. The van der Waals surface area contributed by atoms with Crippen molar-refractivity contribution in [1.29, 1.82) is 0 Å². The lowest BCUT2D eigenvalue weighted by Crippen LogP contribution is -2.33. The molecular formula is C10H10BrNO. The highest BCUT2D eigenvalue weighted by atomic mass is 79.9. The molecule has 0 saturated carbocycles. The molecule has 13 heavy (non-hydrogen) atoms. The number of fused-ring (bicyclic) bond motifs is 1. The van der Waals surface area contributed by atoms with Crippen molar-refractivity contribution in [1.82, 2.24) is 5.32 Å². The first-order valence-corrected chi connectivity index (χ1v) is 5.04. The number of amides is 1. The maximum Gasteiger partial charge on any atom is 0.227 e. The van der Waals surface area contributed by atoms with Gasteiger partial charge in [0.15, 0.2) is 0 Å². The first-order chi connectivity index (χ1) is 6.18. The highest BCUT2D eigenvalue weighted by Crippen LogP contribution is 2.27. The Kier molecular flexibility index (Phi) is 2.12. The fourth-order valence-corrected chi connectivity index (χ4v) is 1.99. The average Bonchev–Trinajstić information content (AvgIpc) is 2.12.